The van der Waals surface area contributed by atoms with Gasteiger partial charge in [-0.2, -0.15) is 0 Å². The molecule has 2 atom stereocenters. The van der Waals surface area contributed by atoms with Gasteiger partial charge in [-0.15, -0.1) is 0 Å². The van der Waals surface area contributed by atoms with E-state index in [1.165, 1.54) is 0 Å². The normalized spacial score (nSPS) is 22.7. The fourth-order valence-corrected chi connectivity index (χ4v) is 2.77. The minimum atomic E-state index is -0.465. The largest absolute Gasteiger partial charge is 0.406 e. The molecule has 0 radical (unpaired) electrons. The molecule has 1 aliphatic carbocycles. The van der Waals surface area contributed by atoms with Gasteiger partial charge in [-0.25, -0.2) is 0 Å². The Kier molecular flexibility index (Phi) is 4.04. The molecule has 1 aromatic heterocycles. The van der Waals surface area contributed by atoms with E-state index in [0.29, 0.717) is 30.0 Å². The number of rotatable bonds is 5. The number of aryl methyl sites for hydroxylation is 1. The van der Waals surface area contributed by atoms with E-state index in [9.17, 15) is 15.2 Å². The molecule has 19 heavy (non-hydrogen) atoms. The molecular formula is C12H20N4O3. The number of anilines is 1. The van der Waals surface area contributed by atoms with Crippen molar-refractivity contribution in [2.24, 2.45) is 18.9 Å². The van der Waals surface area contributed by atoms with E-state index in [1.54, 1.807) is 18.5 Å². The molecule has 0 aliphatic heterocycles. The van der Waals surface area contributed by atoms with E-state index in [4.69, 9.17) is 0 Å². The second-order valence-electron chi connectivity index (χ2n) is 5.16. The van der Waals surface area contributed by atoms with E-state index in [0.717, 1.165) is 19.3 Å². The van der Waals surface area contributed by atoms with Gasteiger partial charge in [0.05, 0.1) is 0 Å². The van der Waals surface area contributed by atoms with Gasteiger partial charge in [-0.3, -0.25) is 4.57 Å². The molecule has 0 amide bonds. The van der Waals surface area contributed by atoms with Crippen molar-refractivity contribution in [1.82, 2.24) is 9.55 Å². The first-order valence-electron chi connectivity index (χ1n) is 6.57. The van der Waals surface area contributed by atoms with E-state index in [-0.39, 0.29) is 12.4 Å². The van der Waals surface area contributed by atoms with Crippen molar-refractivity contribution >= 4 is 11.6 Å². The van der Waals surface area contributed by atoms with Gasteiger partial charge < -0.3 is 20.5 Å². The van der Waals surface area contributed by atoms with Crippen molar-refractivity contribution in [3.05, 3.63) is 15.9 Å². The van der Waals surface area contributed by atoms with Gasteiger partial charge in [0.2, 0.25) is 11.6 Å². The summed E-state index contributed by atoms with van der Waals surface area (Å²) in [6.45, 7) is 2.58. The minimum Gasteiger partial charge on any atom is -0.396 e. The number of nitrogens with zero attached hydrogens (tertiary/aromatic N) is 3. The first kappa shape index (κ1) is 13.8. The molecule has 7 nitrogen and oxygen atoms in total. The van der Waals surface area contributed by atoms with Crippen LogP contribution in [-0.2, 0) is 7.05 Å². The van der Waals surface area contributed by atoms with E-state index in [1.807, 2.05) is 0 Å². The SMILES string of the molecule is Cc1nc([N+](=O)[O-])c(NCC2CCCC2CO)n1C. The second kappa shape index (κ2) is 5.56. The van der Waals surface area contributed by atoms with Crippen molar-refractivity contribution < 1.29 is 10.0 Å². The predicted molar refractivity (Wildman–Crippen MR) is 71.0 cm³/mol. The highest BCUT2D eigenvalue weighted by Gasteiger charge is 2.29. The summed E-state index contributed by atoms with van der Waals surface area (Å²) in [7, 11) is 1.76. The summed E-state index contributed by atoms with van der Waals surface area (Å²) in [6.07, 6.45) is 3.21. The van der Waals surface area contributed by atoms with Crippen molar-refractivity contribution in [3.8, 4) is 0 Å². The van der Waals surface area contributed by atoms with Crippen LogP contribution in [0.2, 0.25) is 0 Å². The number of aromatic nitrogens is 2. The van der Waals surface area contributed by atoms with Crippen LogP contribution in [0.3, 0.4) is 0 Å². The summed E-state index contributed by atoms with van der Waals surface area (Å²) in [5, 5.41) is 23.4. The summed E-state index contributed by atoms with van der Waals surface area (Å²) in [4.78, 5) is 14.4. The van der Waals surface area contributed by atoms with Crippen LogP contribution in [0.25, 0.3) is 0 Å². The Balaban J connectivity index is 2.09. The Morgan fingerprint density at radius 3 is 2.84 bits per heavy atom. The van der Waals surface area contributed by atoms with Crippen molar-refractivity contribution in [2.75, 3.05) is 18.5 Å². The van der Waals surface area contributed by atoms with Crippen LogP contribution in [0.1, 0.15) is 25.1 Å². The van der Waals surface area contributed by atoms with Gasteiger partial charge in [0.25, 0.3) is 0 Å². The molecule has 1 saturated carbocycles. The molecule has 1 fully saturated rings. The maximum Gasteiger partial charge on any atom is 0.406 e. The van der Waals surface area contributed by atoms with Crippen LogP contribution in [0.5, 0.6) is 0 Å². The Labute approximate surface area is 111 Å². The van der Waals surface area contributed by atoms with Gasteiger partial charge in [-0.05, 0) is 34.6 Å². The molecule has 106 valence electrons. The Hall–Kier alpha value is -1.63. The second-order valence-corrected chi connectivity index (χ2v) is 5.16. The average Bonchev–Trinajstić information content (AvgIpc) is 2.93. The molecule has 2 unspecified atom stereocenters. The van der Waals surface area contributed by atoms with Crippen molar-refractivity contribution in [3.63, 3.8) is 0 Å². The lowest BCUT2D eigenvalue weighted by atomic mass is 9.97. The van der Waals surface area contributed by atoms with Crippen LogP contribution >= 0.6 is 0 Å². The molecule has 0 aromatic carbocycles. The van der Waals surface area contributed by atoms with E-state index < -0.39 is 4.92 Å². The average molecular weight is 268 g/mol. The molecule has 1 aliphatic rings. The predicted octanol–water partition coefficient (Wildman–Crippen LogP) is 1.46. The van der Waals surface area contributed by atoms with Crippen LogP contribution in [-0.4, -0.2) is 32.7 Å². The number of aliphatic hydroxyl groups is 1. The smallest absolute Gasteiger partial charge is 0.396 e. The number of nitro groups is 1. The third-order valence-electron chi connectivity index (χ3n) is 4.06. The van der Waals surface area contributed by atoms with Gasteiger partial charge in [-0.1, -0.05) is 6.42 Å². The molecule has 7 heteroatoms. The summed E-state index contributed by atoms with van der Waals surface area (Å²) < 4.78 is 1.70. The van der Waals surface area contributed by atoms with Crippen LogP contribution < -0.4 is 5.32 Å². The number of nitrogens with one attached hydrogen (secondary N) is 1. The lowest BCUT2D eigenvalue weighted by molar-refractivity contribution is -0.388. The highest BCUT2D eigenvalue weighted by atomic mass is 16.6. The van der Waals surface area contributed by atoms with Gasteiger partial charge >= 0.3 is 5.82 Å². The molecule has 0 saturated heterocycles. The highest BCUT2D eigenvalue weighted by molar-refractivity contribution is 5.53. The Morgan fingerprint density at radius 2 is 2.21 bits per heavy atom. The number of hydrogen-bond acceptors (Lipinski definition) is 5. The zero-order valence-corrected chi connectivity index (χ0v) is 11.3. The fraction of sp³-hybridized carbons (Fsp3) is 0.750. The molecule has 1 aromatic rings. The summed E-state index contributed by atoms with van der Waals surface area (Å²) in [6, 6.07) is 0. The maximum absolute atomic E-state index is 11.0. The van der Waals surface area contributed by atoms with Crippen LogP contribution in [0.4, 0.5) is 11.6 Å². The van der Waals surface area contributed by atoms with Gasteiger partial charge in [0.1, 0.15) is 0 Å². The minimum absolute atomic E-state index is 0.126. The molecule has 0 bridgehead atoms. The highest BCUT2D eigenvalue weighted by Crippen LogP contribution is 2.32. The zero-order chi connectivity index (χ0) is 14.0. The lowest BCUT2D eigenvalue weighted by Crippen LogP contribution is -2.22. The van der Waals surface area contributed by atoms with Crippen molar-refractivity contribution in [1.29, 1.82) is 0 Å². The summed E-state index contributed by atoms with van der Waals surface area (Å²) >= 11 is 0. The lowest BCUT2D eigenvalue weighted by Gasteiger charge is -2.18. The molecule has 0 spiro atoms. The van der Waals surface area contributed by atoms with Crippen LogP contribution in [0.15, 0.2) is 0 Å². The standard InChI is InChI=1S/C12H20N4O3/c1-8-14-12(16(18)19)11(15(8)2)13-6-9-4-3-5-10(9)7-17/h9-10,13,17H,3-7H2,1-2H3. The Bertz CT molecular complexity index is 472. The number of imidazole rings is 1. The summed E-state index contributed by atoms with van der Waals surface area (Å²) in [5.41, 5.74) is 0. The van der Waals surface area contributed by atoms with E-state index in [2.05, 4.69) is 10.3 Å². The zero-order valence-electron chi connectivity index (χ0n) is 11.3. The quantitative estimate of drug-likeness (QED) is 0.623. The first-order chi connectivity index (χ1) is 9.04. The van der Waals surface area contributed by atoms with Crippen LogP contribution in [0, 0.1) is 28.9 Å². The van der Waals surface area contributed by atoms with Gasteiger partial charge in [0, 0.05) is 27.1 Å². The third-order valence-corrected chi connectivity index (χ3v) is 4.06. The molecule has 1 heterocycles. The number of aliphatic hydroxyl groups excluding tert-OH is 1. The monoisotopic (exact) mass is 268 g/mol. The molecular weight excluding hydrogens is 248 g/mol. The Morgan fingerprint density at radius 1 is 1.53 bits per heavy atom. The number of hydrogen-bond donors (Lipinski definition) is 2. The first-order valence-corrected chi connectivity index (χ1v) is 6.57. The van der Waals surface area contributed by atoms with E-state index >= 15 is 0 Å². The summed E-state index contributed by atoms with van der Waals surface area (Å²) in [5.74, 6) is 1.62. The topological polar surface area (TPSA) is 93.2 Å². The maximum atomic E-state index is 11.0. The fourth-order valence-electron chi connectivity index (χ4n) is 2.77. The van der Waals surface area contributed by atoms with Gasteiger partial charge in [0.15, 0.2) is 0 Å². The van der Waals surface area contributed by atoms with Crippen molar-refractivity contribution in [2.45, 2.75) is 26.2 Å². The third kappa shape index (κ3) is 2.70. The molecule has 2 rings (SSSR count). The molecule has 2 N–H and O–H groups in total.